The highest BCUT2D eigenvalue weighted by Crippen LogP contribution is 2.23. The highest BCUT2D eigenvalue weighted by atomic mass is 16.5. The van der Waals surface area contributed by atoms with E-state index in [4.69, 9.17) is 5.26 Å². The number of hydrogen-bond donors (Lipinski definition) is 0. The van der Waals surface area contributed by atoms with Gasteiger partial charge in [-0.25, -0.2) is 0 Å². The van der Waals surface area contributed by atoms with Crippen molar-refractivity contribution >= 4 is 11.8 Å². The molecule has 4 nitrogen and oxygen atoms in total. The van der Waals surface area contributed by atoms with Crippen molar-refractivity contribution in [3.63, 3.8) is 0 Å². The fraction of sp³-hybridized carbons (Fsp3) is 0.727. The molecule has 0 spiro atoms. The second-order valence-electron chi connectivity index (χ2n) is 4.39. The molecule has 0 heterocycles. The van der Waals surface area contributed by atoms with Crippen LogP contribution in [0.25, 0.3) is 0 Å². The van der Waals surface area contributed by atoms with Gasteiger partial charge in [-0.1, -0.05) is 20.8 Å². The van der Waals surface area contributed by atoms with Crippen LogP contribution < -0.4 is 0 Å². The number of methoxy groups -OCH3 is 1. The Morgan fingerprint density at radius 1 is 1.40 bits per heavy atom. The largest absolute Gasteiger partial charge is 0.468 e. The Balaban J connectivity index is 4.72. The van der Waals surface area contributed by atoms with Crippen molar-refractivity contribution in [2.24, 2.45) is 11.3 Å². The molecule has 0 rings (SSSR count). The smallest absolute Gasteiger partial charge is 0.316 e. The van der Waals surface area contributed by atoms with Crippen LogP contribution in [-0.4, -0.2) is 18.9 Å². The molecule has 0 radical (unpaired) electrons. The van der Waals surface area contributed by atoms with E-state index in [1.807, 2.05) is 6.07 Å². The van der Waals surface area contributed by atoms with Gasteiger partial charge < -0.3 is 4.74 Å². The summed E-state index contributed by atoms with van der Waals surface area (Å²) in [7, 11) is 1.25. The summed E-state index contributed by atoms with van der Waals surface area (Å²) in [4.78, 5) is 23.2. The van der Waals surface area contributed by atoms with Crippen LogP contribution in [0.1, 0.15) is 33.6 Å². The number of nitriles is 1. The maximum absolute atomic E-state index is 11.9. The van der Waals surface area contributed by atoms with Crippen molar-refractivity contribution in [1.82, 2.24) is 0 Å². The molecule has 0 aliphatic heterocycles. The standard InChI is InChI=1S/C11H17NO3/c1-11(2,3)9(13)8(6-5-7-12)10(14)15-4/h8H,5-6H2,1-4H3/t8-/m0/s1. The van der Waals surface area contributed by atoms with Gasteiger partial charge in [0, 0.05) is 11.8 Å². The fourth-order valence-electron chi connectivity index (χ4n) is 1.23. The van der Waals surface area contributed by atoms with Gasteiger partial charge in [-0.05, 0) is 6.42 Å². The van der Waals surface area contributed by atoms with E-state index in [0.29, 0.717) is 0 Å². The third kappa shape index (κ3) is 4.11. The molecule has 0 amide bonds. The molecule has 0 saturated heterocycles. The van der Waals surface area contributed by atoms with Crippen LogP contribution in [0.15, 0.2) is 0 Å². The molecule has 0 aliphatic carbocycles. The topological polar surface area (TPSA) is 67.2 Å². The SMILES string of the molecule is COC(=O)[C@@H](CCC#N)C(=O)C(C)(C)C. The Labute approximate surface area is 90.2 Å². The van der Waals surface area contributed by atoms with Crippen LogP contribution in [0.5, 0.6) is 0 Å². The molecule has 0 aliphatic rings. The molecule has 1 atom stereocenters. The summed E-state index contributed by atoms with van der Waals surface area (Å²) in [6.45, 7) is 5.24. The maximum atomic E-state index is 11.9. The van der Waals surface area contributed by atoms with Crippen molar-refractivity contribution in [2.75, 3.05) is 7.11 Å². The average Bonchev–Trinajstić information content (AvgIpc) is 2.16. The minimum absolute atomic E-state index is 0.176. The molecule has 4 heteroatoms. The first kappa shape index (κ1) is 13.6. The van der Waals surface area contributed by atoms with E-state index in [0.717, 1.165) is 0 Å². The van der Waals surface area contributed by atoms with Crippen molar-refractivity contribution in [3.8, 4) is 6.07 Å². The Kier molecular flexibility index (Phi) is 4.99. The summed E-state index contributed by atoms with van der Waals surface area (Å²) in [5, 5.41) is 8.44. The molecule has 0 saturated carbocycles. The molecule has 0 fully saturated rings. The summed E-state index contributed by atoms with van der Waals surface area (Å²) < 4.78 is 4.56. The van der Waals surface area contributed by atoms with E-state index in [9.17, 15) is 9.59 Å². The van der Waals surface area contributed by atoms with Gasteiger partial charge in [0.1, 0.15) is 5.92 Å². The fourth-order valence-corrected chi connectivity index (χ4v) is 1.23. The van der Waals surface area contributed by atoms with E-state index in [1.165, 1.54) is 7.11 Å². The van der Waals surface area contributed by atoms with Crippen LogP contribution in [0.3, 0.4) is 0 Å². The number of esters is 1. The lowest BCUT2D eigenvalue weighted by Gasteiger charge is -2.22. The lowest BCUT2D eigenvalue weighted by molar-refractivity contribution is -0.152. The van der Waals surface area contributed by atoms with Gasteiger partial charge in [0.25, 0.3) is 0 Å². The minimum atomic E-state index is -0.811. The van der Waals surface area contributed by atoms with Crippen LogP contribution in [-0.2, 0) is 14.3 Å². The predicted molar refractivity (Wildman–Crippen MR) is 54.8 cm³/mol. The van der Waals surface area contributed by atoms with Crippen molar-refractivity contribution in [3.05, 3.63) is 0 Å². The maximum Gasteiger partial charge on any atom is 0.316 e. The number of ketones is 1. The van der Waals surface area contributed by atoms with Crippen LogP contribution in [0.4, 0.5) is 0 Å². The zero-order valence-electron chi connectivity index (χ0n) is 9.66. The van der Waals surface area contributed by atoms with Gasteiger partial charge in [-0.2, -0.15) is 5.26 Å². The number of ether oxygens (including phenoxy) is 1. The lowest BCUT2D eigenvalue weighted by Crippen LogP contribution is -2.34. The van der Waals surface area contributed by atoms with E-state index < -0.39 is 17.3 Å². The summed E-state index contributed by atoms with van der Waals surface area (Å²) in [5.41, 5.74) is -0.589. The average molecular weight is 211 g/mol. The molecule has 15 heavy (non-hydrogen) atoms. The van der Waals surface area contributed by atoms with Crippen molar-refractivity contribution in [1.29, 1.82) is 5.26 Å². The molecule has 0 aromatic carbocycles. The Hall–Kier alpha value is -1.37. The zero-order chi connectivity index (χ0) is 12.1. The number of carbonyl (C=O) groups is 2. The number of hydrogen-bond acceptors (Lipinski definition) is 4. The molecule has 0 unspecified atom stereocenters. The molecule has 84 valence electrons. The first-order chi connectivity index (χ1) is 6.84. The quantitative estimate of drug-likeness (QED) is 0.524. The molecule has 0 aromatic rings. The van der Waals surface area contributed by atoms with Gasteiger partial charge >= 0.3 is 5.97 Å². The van der Waals surface area contributed by atoms with E-state index in [-0.39, 0.29) is 18.6 Å². The van der Waals surface area contributed by atoms with E-state index in [2.05, 4.69) is 4.74 Å². The zero-order valence-corrected chi connectivity index (χ0v) is 9.66. The molecular weight excluding hydrogens is 194 g/mol. The van der Waals surface area contributed by atoms with E-state index in [1.54, 1.807) is 20.8 Å². The number of carbonyl (C=O) groups excluding carboxylic acids is 2. The third-order valence-corrected chi connectivity index (χ3v) is 2.09. The molecule has 0 bridgehead atoms. The number of nitrogens with zero attached hydrogens (tertiary/aromatic N) is 1. The van der Waals surface area contributed by atoms with Crippen LogP contribution >= 0.6 is 0 Å². The summed E-state index contributed by atoms with van der Waals surface area (Å²) in [6.07, 6.45) is 0.418. The Morgan fingerprint density at radius 3 is 2.27 bits per heavy atom. The van der Waals surface area contributed by atoms with Gasteiger partial charge in [-0.15, -0.1) is 0 Å². The number of Topliss-reactive ketones (excluding diaryl/α,β-unsaturated/α-hetero) is 1. The lowest BCUT2D eigenvalue weighted by atomic mass is 9.81. The van der Waals surface area contributed by atoms with Crippen molar-refractivity contribution < 1.29 is 14.3 Å². The molecule has 0 aromatic heterocycles. The minimum Gasteiger partial charge on any atom is -0.468 e. The number of rotatable bonds is 4. The van der Waals surface area contributed by atoms with Crippen LogP contribution in [0, 0.1) is 22.7 Å². The monoisotopic (exact) mass is 211 g/mol. The Morgan fingerprint density at radius 2 is 1.93 bits per heavy atom. The molecular formula is C11H17NO3. The van der Waals surface area contributed by atoms with Crippen molar-refractivity contribution in [2.45, 2.75) is 33.6 Å². The third-order valence-electron chi connectivity index (χ3n) is 2.09. The molecule has 0 N–H and O–H groups in total. The second kappa shape index (κ2) is 5.50. The van der Waals surface area contributed by atoms with Gasteiger partial charge in [0.15, 0.2) is 5.78 Å². The first-order valence-corrected chi connectivity index (χ1v) is 4.83. The summed E-state index contributed by atoms with van der Waals surface area (Å²) in [6, 6.07) is 1.92. The van der Waals surface area contributed by atoms with Gasteiger partial charge in [0.05, 0.1) is 13.2 Å². The Bertz CT molecular complexity index is 283. The van der Waals surface area contributed by atoms with Gasteiger partial charge in [-0.3, -0.25) is 9.59 Å². The second-order valence-corrected chi connectivity index (χ2v) is 4.39. The van der Waals surface area contributed by atoms with E-state index >= 15 is 0 Å². The highest BCUT2D eigenvalue weighted by Gasteiger charge is 2.34. The highest BCUT2D eigenvalue weighted by molar-refractivity contribution is 6.01. The van der Waals surface area contributed by atoms with Crippen LogP contribution in [0.2, 0.25) is 0 Å². The first-order valence-electron chi connectivity index (χ1n) is 4.83. The predicted octanol–water partition coefficient (Wildman–Crippen LogP) is 1.69. The normalized spacial score (nSPS) is 12.7. The van der Waals surface area contributed by atoms with Gasteiger partial charge in [0.2, 0.25) is 0 Å². The summed E-state index contributed by atoms with van der Waals surface area (Å²) in [5.74, 6) is -1.54. The summed E-state index contributed by atoms with van der Waals surface area (Å²) >= 11 is 0.